The van der Waals surface area contributed by atoms with E-state index >= 15 is 0 Å². The van der Waals surface area contributed by atoms with Gasteiger partial charge >= 0.3 is 0 Å². The second kappa shape index (κ2) is 6.89. The highest BCUT2D eigenvalue weighted by Crippen LogP contribution is 2.61. The minimum absolute atomic E-state index is 0.0397. The first-order valence-corrected chi connectivity index (χ1v) is 11.0. The molecule has 4 bridgehead atoms. The van der Waals surface area contributed by atoms with Crippen LogP contribution in [-0.4, -0.2) is 42.9 Å². The van der Waals surface area contributed by atoms with Crippen molar-refractivity contribution in [3.8, 4) is 0 Å². The fourth-order valence-corrected chi connectivity index (χ4v) is 7.37. The second-order valence-corrected chi connectivity index (χ2v) is 10.4. The molecule has 4 fully saturated rings. The van der Waals surface area contributed by atoms with Crippen LogP contribution in [0.5, 0.6) is 0 Å². The average Bonchev–Trinajstić information content (AvgIpc) is 3.06. The lowest BCUT2D eigenvalue weighted by molar-refractivity contribution is -0.153. The number of carbonyl (C=O) groups is 2. The summed E-state index contributed by atoms with van der Waals surface area (Å²) in [4.78, 5) is 28.6. The van der Waals surface area contributed by atoms with Crippen LogP contribution in [0.15, 0.2) is 17.5 Å². The van der Waals surface area contributed by atoms with Gasteiger partial charge in [-0.25, -0.2) is 0 Å². The molecule has 0 saturated heterocycles. The van der Waals surface area contributed by atoms with E-state index in [2.05, 4.69) is 47.1 Å². The van der Waals surface area contributed by atoms with E-state index in [1.807, 2.05) is 0 Å². The Labute approximate surface area is 165 Å². The zero-order valence-electron chi connectivity index (χ0n) is 16.6. The zero-order chi connectivity index (χ0) is 19.2. The van der Waals surface area contributed by atoms with Crippen molar-refractivity contribution >= 4 is 23.2 Å². The Hall–Kier alpha value is -1.40. The van der Waals surface area contributed by atoms with Crippen LogP contribution >= 0.6 is 11.3 Å². The summed E-state index contributed by atoms with van der Waals surface area (Å²) in [6.45, 7) is 2.24. The van der Waals surface area contributed by atoms with Crippen molar-refractivity contribution in [1.82, 2.24) is 15.5 Å². The third kappa shape index (κ3) is 3.54. The minimum atomic E-state index is -0.293. The highest BCUT2D eigenvalue weighted by atomic mass is 32.1. The van der Waals surface area contributed by atoms with Crippen molar-refractivity contribution in [2.75, 3.05) is 20.6 Å². The van der Waals surface area contributed by atoms with Gasteiger partial charge in [-0.15, -0.1) is 11.3 Å². The molecule has 1 aromatic rings. The number of likely N-dealkylation sites (N-methyl/N-ethyl adjacent to an activating group) is 1. The average molecular weight is 390 g/mol. The molecule has 2 amide bonds. The molecule has 0 aliphatic heterocycles. The van der Waals surface area contributed by atoms with Crippen LogP contribution < -0.4 is 10.6 Å². The summed E-state index contributed by atoms with van der Waals surface area (Å²) in [7, 11) is 4.13. The first-order valence-electron chi connectivity index (χ1n) is 10.1. The Bertz CT molecular complexity index is 701. The van der Waals surface area contributed by atoms with Crippen LogP contribution in [0, 0.1) is 17.3 Å². The van der Waals surface area contributed by atoms with Crippen LogP contribution in [0.2, 0.25) is 0 Å². The Morgan fingerprint density at radius 3 is 2.52 bits per heavy atom. The molecule has 6 heteroatoms. The third-order valence-corrected chi connectivity index (χ3v) is 7.91. The molecule has 0 spiro atoms. The first kappa shape index (κ1) is 18.9. The summed E-state index contributed by atoms with van der Waals surface area (Å²) in [6.07, 6.45) is 6.11. The molecule has 0 radical (unpaired) electrons. The molecule has 4 saturated carbocycles. The Balaban J connectivity index is 1.49. The number of nitrogens with one attached hydrogen (secondary N) is 2. The number of thiophene rings is 1. The molecule has 4 aliphatic rings. The van der Waals surface area contributed by atoms with Gasteiger partial charge in [0.1, 0.15) is 0 Å². The van der Waals surface area contributed by atoms with Gasteiger partial charge in [0.15, 0.2) is 0 Å². The number of nitrogens with zero attached hydrogens (tertiary/aromatic N) is 1. The molecular weight excluding hydrogens is 358 g/mol. The van der Waals surface area contributed by atoms with Gasteiger partial charge in [0.05, 0.1) is 11.5 Å². The summed E-state index contributed by atoms with van der Waals surface area (Å²) in [5, 5.41) is 8.63. The molecule has 5 rings (SSSR count). The lowest BCUT2D eigenvalue weighted by atomic mass is 9.46. The molecule has 3 atom stereocenters. The van der Waals surface area contributed by atoms with Gasteiger partial charge in [0, 0.05) is 23.9 Å². The van der Waals surface area contributed by atoms with Gasteiger partial charge in [-0.1, -0.05) is 6.07 Å². The third-order valence-electron chi connectivity index (χ3n) is 6.93. The molecule has 4 aliphatic carbocycles. The minimum Gasteiger partial charge on any atom is -0.354 e. The number of hydrogen-bond donors (Lipinski definition) is 2. The summed E-state index contributed by atoms with van der Waals surface area (Å²) < 4.78 is 0. The Morgan fingerprint density at radius 2 is 1.96 bits per heavy atom. The summed E-state index contributed by atoms with van der Waals surface area (Å²) in [5.74, 6) is 1.39. The van der Waals surface area contributed by atoms with E-state index in [0.29, 0.717) is 18.4 Å². The quantitative estimate of drug-likeness (QED) is 0.786. The molecular formula is C21H31N3O2S. The number of rotatable bonds is 6. The molecule has 148 valence electrons. The summed E-state index contributed by atoms with van der Waals surface area (Å²) >= 11 is 1.74. The van der Waals surface area contributed by atoms with Gasteiger partial charge in [-0.3, -0.25) is 9.59 Å². The standard InChI is InChI=1S/C21H31N3O2S/c1-14(25)23-21-10-15-7-16(11-21)9-20(8-15,13-21)19(26)22-12-17(24(2)3)18-5-4-6-27-18/h4-6,15-17H,7-13H2,1-3H3,(H,22,26)(H,23,25)/t15-,16-,17+,20?,21?/m1/s1. The van der Waals surface area contributed by atoms with E-state index in [1.165, 1.54) is 11.3 Å². The van der Waals surface area contributed by atoms with Gasteiger partial charge in [-0.05, 0) is 75.9 Å². The van der Waals surface area contributed by atoms with E-state index in [0.717, 1.165) is 32.1 Å². The van der Waals surface area contributed by atoms with Crippen LogP contribution in [0.1, 0.15) is 56.4 Å². The molecule has 27 heavy (non-hydrogen) atoms. The number of amides is 2. The summed E-state index contributed by atoms with van der Waals surface area (Å²) in [6, 6.07) is 4.40. The van der Waals surface area contributed by atoms with Crippen molar-refractivity contribution in [1.29, 1.82) is 0 Å². The van der Waals surface area contributed by atoms with Crippen LogP contribution in [0.4, 0.5) is 0 Å². The fraction of sp³-hybridized carbons (Fsp3) is 0.714. The molecule has 0 unspecified atom stereocenters. The number of hydrogen-bond acceptors (Lipinski definition) is 4. The van der Waals surface area contributed by atoms with Crippen molar-refractivity contribution in [2.24, 2.45) is 17.3 Å². The number of carbonyl (C=O) groups excluding carboxylic acids is 2. The Kier molecular flexibility index (Phi) is 4.83. The fourth-order valence-electron chi connectivity index (χ4n) is 6.44. The van der Waals surface area contributed by atoms with Crippen LogP contribution in [0.3, 0.4) is 0 Å². The highest BCUT2D eigenvalue weighted by Gasteiger charge is 2.60. The molecule has 0 aromatic carbocycles. The van der Waals surface area contributed by atoms with E-state index < -0.39 is 0 Å². The molecule has 2 N–H and O–H groups in total. The maximum Gasteiger partial charge on any atom is 0.226 e. The van der Waals surface area contributed by atoms with Gasteiger partial charge in [0.25, 0.3) is 0 Å². The normalized spacial score (nSPS) is 35.3. The van der Waals surface area contributed by atoms with E-state index in [9.17, 15) is 9.59 Å². The Morgan fingerprint density at radius 1 is 1.26 bits per heavy atom. The molecule has 5 nitrogen and oxygen atoms in total. The van der Waals surface area contributed by atoms with Gasteiger partial charge in [-0.2, -0.15) is 0 Å². The van der Waals surface area contributed by atoms with Gasteiger partial charge in [0.2, 0.25) is 11.8 Å². The molecule has 1 aromatic heterocycles. The predicted molar refractivity (Wildman–Crippen MR) is 107 cm³/mol. The van der Waals surface area contributed by atoms with Crippen molar-refractivity contribution in [2.45, 2.75) is 57.0 Å². The monoisotopic (exact) mass is 389 g/mol. The van der Waals surface area contributed by atoms with Crippen molar-refractivity contribution in [3.63, 3.8) is 0 Å². The zero-order valence-corrected chi connectivity index (χ0v) is 17.4. The second-order valence-electron chi connectivity index (χ2n) is 9.41. The molecule has 1 heterocycles. The lowest BCUT2D eigenvalue weighted by Gasteiger charge is -2.61. The van der Waals surface area contributed by atoms with Gasteiger partial charge < -0.3 is 15.5 Å². The SMILES string of the molecule is CC(=O)NC12C[C@@H]3C[C@@H](C1)CC(C(=O)NC[C@@H](c1cccs1)N(C)C)(C3)C2. The first-order chi connectivity index (χ1) is 12.8. The van der Waals surface area contributed by atoms with Crippen molar-refractivity contribution in [3.05, 3.63) is 22.4 Å². The maximum absolute atomic E-state index is 13.4. The largest absolute Gasteiger partial charge is 0.354 e. The smallest absolute Gasteiger partial charge is 0.226 e. The van der Waals surface area contributed by atoms with Crippen LogP contribution in [0.25, 0.3) is 0 Å². The van der Waals surface area contributed by atoms with Crippen LogP contribution in [-0.2, 0) is 9.59 Å². The lowest BCUT2D eigenvalue weighted by Crippen LogP contribution is -2.65. The van der Waals surface area contributed by atoms with E-state index in [4.69, 9.17) is 0 Å². The predicted octanol–water partition coefficient (Wildman–Crippen LogP) is 2.94. The topological polar surface area (TPSA) is 61.4 Å². The maximum atomic E-state index is 13.4. The van der Waals surface area contributed by atoms with Crippen molar-refractivity contribution < 1.29 is 9.59 Å². The van der Waals surface area contributed by atoms with E-state index in [-0.39, 0.29) is 28.8 Å². The summed E-state index contributed by atoms with van der Waals surface area (Å²) in [5.41, 5.74) is -0.444. The van der Waals surface area contributed by atoms with E-state index in [1.54, 1.807) is 18.3 Å². The highest BCUT2D eigenvalue weighted by molar-refractivity contribution is 7.10.